The average Bonchev–Trinajstić information content (AvgIpc) is 2.70. The molecule has 1 aliphatic heterocycles. The molecular weight excluding hydrogens is 272 g/mol. The number of carbonyl (C=O) groups is 3. The summed E-state index contributed by atoms with van der Waals surface area (Å²) in [5, 5.41) is 10.9. The summed E-state index contributed by atoms with van der Waals surface area (Å²) in [6.45, 7) is 1.75. The van der Waals surface area contributed by atoms with E-state index in [0.717, 1.165) is 11.0 Å². The molecule has 0 fully saturated rings. The van der Waals surface area contributed by atoms with Gasteiger partial charge in [0.1, 0.15) is 5.82 Å². The number of benzene rings is 1. The first-order chi connectivity index (χ1) is 9.99. The van der Waals surface area contributed by atoms with E-state index >= 15 is 0 Å². The van der Waals surface area contributed by atoms with Gasteiger partial charge < -0.3 is 9.90 Å². The molecule has 6 heteroatoms. The number of hydrogen-bond acceptors (Lipinski definition) is 5. The van der Waals surface area contributed by atoms with Gasteiger partial charge in [0.25, 0.3) is 11.8 Å². The molecule has 0 bridgehead atoms. The lowest BCUT2D eigenvalue weighted by atomic mass is 10.1. The van der Waals surface area contributed by atoms with E-state index < -0.39 is 17.8 Å². The van der Waals surface area contributed by atoms with Crippen LogP contribution in [0, 0.1) is 6.92 Å². The van der Waals surface area contributed by atoms with Gasteiger partial charge in [-0.15, -0.1) is 0 Å². The molecule has 2 heterocycles. The standard InChI is InChI=1S/C15H10N2O4/c1-8-3-2-4-12(16-8)17-13(18)10-6-5-9(15(20)21)7-11(10)14(17)19/h2-7H,1H3,(H,20,21)/p-1. The van der Waals surface area contributed by atoms with E-state index in [2.05, 4.69) is 4.98 Å². The molecule has 21 heavy (non-hydrogen) atoms. The molecule has 1 aliphatic rings. The maximum atomic E-state index is 12.3. The van der Waals surface area contributed by atoms with Crippen LogP contribution < -0.4 is 10.0 Å². The number of aromatic carboxylic acids is 1. The van der Waals surface area contributed by atoms with Crippen molar-refractivity contribution in [2.24, 2.45) is 0 Å². The first-order valence-electron chi connectivity index (χ1n) is 6.17. The highest BCUT2D eigenvalue weighted by Crippen LogP contribution is 2.27. The van der Waals surface area contributed by atoms with Crippen molar-refractivity contribution in [1.29, 1.82) is 0 Å². The summed E-state index contributed by atoms with van der Waals surface area (Å²) >= 11 is 0. The van der Waals surface area contributed by atoms with Crippen molar-refractivity contribution in [3.63, 3.8) is 0 Å². The molecule has 104 valence electrons. The van der Waals surface area contributed by atoms with Gasteiger partial charge in [-0.1, -0.05) is 12.1 Å². The lowest BCUT2D eigenvalue weighted by Crippen LogP contribution is -2.30. The third-order valence-corrected chi connectivity index (χ3v) is 3.22. The van der Waals surface area contributed by atoms with Gasteiger partial charge in [0.05, 0.1) is 17.1 Å². The molecule has 0 spiro atoms. The summed E-state index contributed by atoms with van der Waals surface area (Å²) in [5.74, 6) is -2.28. The van der Waals surface area contributed by atoms with Crippen molar-refractivity contribution in [3.8, 4) is 0 Å². The van der Waals surface area contributed by atoms with Crippen LogP contribution in [0.15, 0.2) is 36.4 Å². The molecule has 0 aliphatic carbocycles. The molecule has 6 nitrogen and oxygen atoms in total. The molecule has 1 aromatic carbocycles. The number of imide groups is 1. The quantitative estimate of drug-likeness (QED) is 0.750. The van der Waals surface area contributed by atoms with Crippen molar-refractivity contribution in [2.45, 2.75) is 6.92 Å². The SMILES string of the molecule is Cc1cccc(N2C(=O)c3ccc(C(=O)[O-])cc3C2=O)n1. The number of nitrogens with zero attached hydrogens (tertiary/aromatic N) is 2. The Bertz CT molecular complexity index is 798. The zero-order chi connectivity index (χ0) is 15.1. The van der Waals surface area contributed by atoms with Gasteiger partial charge in [-0.3, -0.25) is 9.59 Å². The molecule has 3 rings (SSSR count). The summed E-state index contributed by atoms with van der Waals surface area (Å²) in [6.07, 6.45) is 0. The third kappa shape index (κ3) is 1.97. The minimum absolute atomic E-state index is 0.0463. The number of carboxylic acid groups (broad SMARTS) is 1. The first-order valence-corrected chi connectivity index (χ1v) is 6.17. The Kier molecular flexibility index (Phi) is 2.79. The largest absolute Gasteiger partial charge is 0.545 e. The van der Waals surface area contributed by atoms with Crippen LogP contribution in [0.3, 0.4) is 0 Å². The van der Waals surface area contributed by atoms with Gasteiger partial charge >= 0.3 is 0 Å². The molecular formula is C15H9N2O4-. The molecule has 0 radical (unpaired) electrons. The molecule has 0 atom stereocenters. The van der Waals surface area contributed by atoms with Crippen molar-refractivity contribution in [1.82, 2.24) is 4.98 Å². The van der Waals surface area contributed by atoms with E-state index in [0.29, 0.717) is 5.69 Å². The van der Waals surface area contributed by atoms with Gasteiger partial charge in [0, 0.05) is 5.69 Å². The van der Waals surface area contributed by atoms with Crippen LogP contribution in [0.2, 0.25) is 0 Å². The molecule has 2 aromatic rings. The topological polar surface area (TPSA) is 90.4 Å². The highest BCUT2D eigenvalue weighted by molar-refractivity contribution is 6.34. The van der Waals surface area contributed by atoms with E-state index in [-0.39, 0.29) is 22.5 Å². The number of carboxylic acids is 1. The number of amides is 2. The van der Waals surface area contributed by atoms with E-state index in [9.17, 15) is 19.5 Å². The molecule has 0 N–H and O–H groups in total. The second-order valence-electron chi connectivity index (χ2n) is 4.63. The minimum atomic E-state index is -1.40. The molecule has 0 unspecified atom stereocenters. The first kappa shape index (κ1) is 13.0. The Labute approximate surface area is 119 Å². The Morgan fingerprint density at radius 2 is 1.81 bits per heavy atom. The van der Waals surface area contributed by atoms with E-state index in [1.807, 2.05) is 0 Å². The fourth-order valence-electron chi connectivity index (χ4n) is 2.23. The summed E-state index contributed by atoms with van der Waals surface area (Å²) in [6, 6.07) is 8.70. The number of hydrogen-bond donors (Lipinski definition) is 0. The van der Waals surface area contributed by atoms with Crippen LogP contribution in [-0.2, 0) is 0 Å². The van der Waals surface area contributed by atoms with Crippen LogP contribution in [0.25, 0.3) is 0 Å². The molecule has 2 amide bonds. The second kappa shape index (κ2) is 4.52. The van der Waals surface area contributed by atoms with E-state index in [1.165, 1.54) is 12.1 Å². The van der Waals surface area contributed by atoms with Crippen molar-refractivity contribution in [2.75, 3.05) is 4.90 Å². The van der Waals surface area contributed by atoms with Crippen LogP contribution in [0.5, 0.6) is 0 Å². The average molecular weight is 281 g/mol. The van der Waals surface area contributed by atoms with Crippen molar-refractivity contribution >= 4 is 23.6 Å². The zero-order valence-corrected chi connectivity index (χ0v) is 11.0. The number of carbonyl (C=O) groups excluding carboxylic acids is 3. The lowest BCUT2D eigenvalue weighted by molar-refractivity contribution is -0.255. The highest BCUT2D eigenvalue weighted by Gasteiger charge is 2.37. The number of fused-ring (bicyclic) bond motifs is 1. The normalized spacial score (nSPS) is 13.5. The minimum Gasteiger partial charge on any atom is -0.545 e. The van der Waals surface area contributed by atoms with Gasteiger partial charge in [0.2, 0.25) is 0 Å². The second-order valence-corrected chi connectivity index (χ2v) is 4.63. The molecule has 0 saturated carbocycles. The lowest BCUT2D eigenvalue weighted by Gasteiger charge is -2.12. The van der Waals surface area contributed by atoms with Crippen LogP contribution in [0.1, 0.15) is 36.8 Å². The monoisotopic (exact) mass is 281 g/mol. The number of aryl methyl sites for hydroxylation is 1. The number of aromatic nitrogens is 1. The molecule has 1 aromatic heterocycles. The van der Waals surface area contributed by atoms with Crippen LogP contribution >= 0.6 is 0 Å². The zero-order valence-electron chi connectivity index (χ0n) is 11.0. The third-order valence-electron chi connectivity index (χ3n) is 3.22. The van der Waals surface area contributed by atoms with Gasteiger partial charge in [0.15, 0.2) is 0 Å². The highest BCUT2D eigenvalue weighted by atomic mass is 16.4. The Morgan fingerprint density at radius 3 is 2.48 bits per heavy atom. The Balaban J connectivity index is 2.10. The fraction of sp³-hybridized carbons (Fsp3) is 0.0667. The summed E-state index contributed by atoms with van der Waals surface area (Å²) < 4.78 is 0. The fourth-order valence-corrected chi connectivity index (χ4v) is 2.23. The maximum absolute atomic E-state index is 12.3. The smallest absolute Gasteiger partial charge is 0.267 e. The van der Waals surface area contributed by atoms with Crippen LogP contribution in [-0.4, -0.2) is 22.8 Å². The van der Waals surface area contributed by atoms with Crippen LogP contribution in [0.4, 0.5) is 5.82 Å². The number of anilines is 1. The Hall–Kier alpha value is -3.02. The summed E-state index contributed by atoms with van der Waals surface area (Å²) in [5.41, 5.74) is 0.728. The maximum Gasteiger partial charge on any atom is 0.267 e. The van der Waals surface area contributed by atoms with Gasteiger partial charge in [-0.25, -0.2) is 9.88 Å². The predicted octanol–water partition coefficient (Wildman–Crippen LogP) is 0.554. The van der Waals surface area contributed by atoms with Crippen molar-refractivity contribution in [3.05, 3.63) is 58.8 Å². The summed E-state index contributed by atoms with van der Waals surface area (Å²) in [7, 11) is 0. The number of rotatable bonds is 2. The Morgan fingerprint density at radius 1 is 1.10 bits per heavy atom. The summed E-state index contributed by atoms with van der Waals surface area (Å²) in [4.78, 5) is 40.6. The predicted molar refractivity (Wildman–Crippen MR) is 70.9 cm³/mol. The number of pyridine rings is 1. The van der Waals surface area contributed by atoms with E-state index in [1.54, 1.807) is 25.1 Å². The molecule has 0 saturated heterocycles. The van der Waals surface area contributed by atoms with Gasteiger partial charge in [-0.2, -0.15) is 0 Å². The van der Waals surface area contributed by atoms with Gasteiger partial charge in [-0.05, 0) is 36.8 Å². The van der Waals surface area contributed by atoms with E-state index in [4.69, 9.17) is 0 Å². The van der Waals surface area contributed by atoms with Crippen molar-refractivity contribution < 1.29 is 19.5 Å².